The van der Waals surface area contributed by atoms with Crippen LogP contribution in [0, 0.1) is 0 Å². The van der Waals surface area contributed by atoms with Gasteiger partial charge in [0.25, 0.3) is 5.91 Å². The first kappa shape index (κ1) is 21.1. The Morgan fingerprint density at radius 2 is 1.87 bits per heavy atom. The van der Waals surface area contributed by atoms with Gasteiger partial charge in [-0.3, -0.25) is 19.5 Å². The summed E-state index contributed by atoms with van der Waals surface area (Å²) in [5, 5.41) is 10.0. The number of fused-ring (bicyclic) bond motifs is 1. The highest BCUT2D eigenvalue weighted by molar-refractivity contribution is 6.01. The summed E-state index contributed by atoms with van der Waals surface area (Å²) in [6.07, 6.45) is 3.31. The topological polar surface area (TPSA) is 98.4 Å². The highest BCUT2D eigenvalue weighted by atomic mass is 16.2. The number of likely N-dealkylation sites (tertiary alicyclic amines) is 1. The largest absolute Gasteiger partial charge is 0.342 e. The number of hydrogen-bond donors (Lipinski definition) is 2. The molecule has 1 atom stereocenters. The molecule has 1 fully saturated rings. The summed E-state index contributed by atoms with van der Waals surface area (Å²) >= 11 is 0. The van der Waals surface area contributed by atoms with E-state index < -0.39 is 5.92 Å². The van der Waals surface area contributed by atoms with Gasteiger partial charge >= 0.3 is 0 Å². The predicted molar refractivity (Wildman–Crippen MR) is 117 cm³/mol. The Morgan fingerprint density at radius 3 is 2.58 bits per heavy atom. The van der Waals surface area contributed by atoms with E-state index in [0.29, 0.717) is 31.7 Å². The van der Waals surface area contributed by atoms with Gasteiger partial charge in [0, 0.05) is 44.2 Å². The Labute approximate surface area is 182 Å². The molecule has 0 saturated carbocycles. The van der Waals surface area contributed by atoms with Crippen molar-refractivity contribution in [2.45, 2.75) is 44.9 Å². The van der Waals surface area contributed by atoms with E-state index in [0.717, 1.165) is 29.8 Å². The Bertz CT molecular complexity index is 973. The number of anilines is 1. The molecule has 3 amide bonds. The first-order chi connectivity index (χ1) is 15.0. The van der Waals surface area contributed by atoms with E-state index in [-0.39, 0.29) is 30.1 Å². The summed E-state index contributed by atoms with van der Waals surface area (Å²) in [7, 11) is 0. The fourth-order valence-electron chi connectivity index (χ4n) is 4.70. The number of aromatic nitrogens is 2. The van der Waals surface area contributed by atoms with Gasteiger partial charge in [0.2, 0.25) is 11.8 Å². The molecule has 164 valence electrons. The van der Waals surface area contributed by atoms with Crippen LogP contribution < -0.4 is 5.32 Å². The fourth-order valence-corrected chi connectivity index (χ4v) is 4.70. The van der Waals surface area contributed by atoms with Crippen molar-refractivity contribution in [2.24, 2.45) is 0 Å². The zero-order chi connectivity index (χ0) is 22.0. The zero-order valence-corrected chi connectivity index (χ0v) is 18.1. The molecule has 31 heavy (non-hydrogen) atoms. The molecule has 0 bridgehead atoms. The van der Waals surface area contributed by atoms with Crippen LogP contribution in [0.4, 0.5) is 5.69 Å². The van der Waals surface area contributed by atoms with Crippen LogP contribution in [0.25, 0.3) is 0 Å². The first-order valence-corrected chi connectivity index (χ1v) is 11.0. The van der Waals surface area contributed by atoms with Gasteiger partial charge in [-0.2, -0.15) is 5.10 Å². The molecular formula is C23H29N5O3. The van der Waals surface area contributed by atoms with Crippen LogP contribution in [0.1, 0.15) is 66.6 Å². The number of rotatable bonds is 5. The lowest BCUT2D eigenvalue weighted by atomic mass is 9.87. The predicted octanol–water partition coefficient (Wildman–Crippen LogP) is 2.72. The lowest BCUT2D eigenvalue weighted by Crippen LogP contribution is -2.43. The molecule has 8 heteroatoms. The van der Waals surface area contributed by atoms with Crippen LogP contribution in [-0.2, 0) is 9.59 Å². The van der Waals surface area contributed by atoms with Gasteiger partial charge in [-0.05, 0) is 38.3 Å². The number of aromatic amines is 1. The number of carbonyl (C=O) groups excluding carboxylic acids is 3. The van der Waals surface area contributed by atoms with E-state index in [9.17, 15) is 14.4 Å². The normalized spacial score (nSPS) is 19.0. The molecular weight excluding hydrogens is 394 g/mol. The van der Waals surface area contributed by atoms with Gasteiger partial charge in [-0.1, -0.05) is 18.2 Å². The highest BCUT2D eigenvalue weighted by Gasteiger charge is 2.36. The minimum atomic E-state index is -0.437. The van der Waals surface area contributed by atoms with Crippen LogP contribution in [-0.4, -0.2) is 63.9 Å². The Morgan fingerprint density at radius 1 is 1.16 bits per heavy atom. The van der Waals surface area contributed by atoms with Crippen molar-refractivity contribution >= 4 is 23.4 Å². The first-order valence-electron chi connectivity index (χ1n) is 11.0. The molecule has 2 aromatic rings. The number of amides is 3. The molecule has 1 saturated heterocycles. The van der Waals surface area contributed by atoms with Crippen LogP contribution in [0.15, 0.2) is 30.5 Å². The monoisotopic (exact) mass is 423 g/mol. The minimum absolute atomic E-state index is 0.00270. The summed E-state index contributed by atoms with van der Waals surface area (Å²) < 4.78 is 0. The van der Waals surface area contributed by atoms with Gasteiger partial charge in [0.1, 0.15) is 0 Å². The van der Waals surface area contributed by atoms with E-state index in [2.05, 4.69) is 15.5 Å². The van der Waals surface area contributed by atoms with Crippen molar-refractivity contribution in [3.05, 3.63) is 47.3 Å². The summed E-state index contributed by atoms with van der Waals surface area (Å²) in [6, 6.07) is 7.51. The average Bonchev–Trinajstić information content (AvgIpc) is 3.29. The smallest absolute Gasteiger partial charge is 0.257 e. The molecule has 1 aromatic carbocycles. The third-order valence-corrected chi connectivity index (χ3v) is 6.46. The van der Waals surface area contributed by atoms with Crippen LogP contribution >= 0.6 is 0 Å². The van der Waals surface area contributed by atoms with Gasteiger partial charge in [-0.15, -0.1) is 0 Å². The number of carbonyl (C=O) groups is 3. The van der Waals surface area contributed by atoms with Crippen LogP contribution in [0.5, 0.6) is 0 Å². The maximum atomic E-state index is 13.3. The van der Waals surface area contributed by atoms with Crippen molar-refractivity contribution in [1.82, 2.24) is 20.0 Å². The number of para-hydroxylation sites is 1. The second-order valence-electron chi connectivity index (χ2n) is 8.17. The van der Waals surface area contributed by atoms with E-state index in [4.69, 9.17) is 0 Å². The van der Waals surface area contributed by atoms with Crippen molar-refractivity contribution < 1.29 is 14.4 Å². The van der Waals surface area contributed by atoms with Gasteiger partial charge < -0.3 is 15.1 Å². The lowest BCUT2D eigenvalue weighted by Gasteiger charge is -2.35. The van der Waals surface area contributed by atoms with E-state index >= 15 is 0 Å². The molecule has 8 nitrogen and oxygen atoms in total. The van der Waals surface area contributed by atoms with Gasteiger partial charge in [0.05, 0.1) is 23.4 Å². The number of piperidine rings is 1. The molecule has 0 radical (unpaired) electrons. The molecule has 4 rings (SSSR count). The number of hydrogen-bond acceptors (Lipinski definition) is 4. The highest BCUT2D eigenvalue weighted by Crippen LogP contribution is 2.35. The van der Waals surface area contributed by atoms with Gasteiger partial charge in [0.15, 0.2) is 0 Å². The molecule has 1 unspecified atom stereocenters. The molecule has 1 aromatic heterocycles. The Balaban J connectivity index is 1.45. The summed E-state index contributed by atoms with van der Waals surface area (Å²) in [4.78, 5) is 41.8. The third-order valence-electron chi connectivity index (χ3n) is 6.46. The number of H-pyrrole nitrogens is 1. The SMILES string of the molecule is CCN(CC)C(=O)c1cn[nH]c1C1CCN(C(=O)C2CC(=O)Nc3ccccc32)CC1. The van der Waals surface area contributed by atoms with E-state index in [1.54, 1.807) is 11.1 Å². The molecule has 0 spiro atoms. The third kappa shape index (κ3) is 4.06. The Hall–Kier alpha value is -3.16. The Kier molecular flexibility index (Phi) is 6.06. The quantitative estimate of drug-likeness (QED) is 0.773. The van der Waals surface area contributed by atoms with Crippen molar-refractivity contribution in [2.75, 3.05) is 31.5 Å². The molecule has 0 aliphatic carbocycles. The number of nitrogens with zero attached hydrogens (tertiary/aromatic N) is 3. The zero-order valence-electron chi connectivity index (χ0n) is 18.1. The number of nitrogens with one attached hydrogen (secondary N) is 2. The van der Waals surface area contributed by atoms with Crippen molar-refractivity contribution in [3.8, 4) is 0 Å². The minimum Gasteiger partial charge on any atom is -0.342 e. The van der Waals surface area contributed by atoms with E-state index in [1.165, 1.54) is 0 Å². The average molecular weight is 424 g/mol. The summed E-state index contributed by atoms with van der Waals surface area (Å²) in [5.74, 6) is -0.401. The summed E-state index contributed by atoms with van der Waals surface area (Å²) in [6.45, 7) is 6.44. The maximum Gasteiger partial charge on any atom is 0.257 e. The second kappa shape index (κ2) is 8.91. The molecule has 3 heterocycles. The van der Waals surface area contributed by atoms with Crippen LogP contribution in [0.2, 0.25) is 0 Å². The van der Waals surface area contributed by atoms with Crippen molar-refractivity contribution in [1.29, 1.82) is 0 Å². The van der Waals surface area contributed by atoms with Crippen LogP contribution in [0.3, 0.4) is 0 Å². The lowest BCUT2D eigenvalue weighted by molar-refractivity contribution is -0.135. The number of benzene rings is 1. The fraction of sp³-hybridized carbons (Fsp3) is 0.478. The van der Waals surface area contributed by atoms with Gasteiger partial charge in [-0.25, -0.2) is 0 Å². The van der Waals surface area contributed by atoms with E-state index in [1.807, 2.05) is 43.0 Å². The molecule has 2 N–H and O–H groups in total. The molecule has 2 aliphatic heterocycles. The second-order valence-corrected chi connectivity index (χ2v) is 8.17. The molecule has 2 aliphatic rings. The maximum absolute atomic E-state index is 13.3. The summed E-state index contributed by atoms with van der Waals surface area (Å²) in [5.41, 5.74) is 3.11. The standard InChI is InChI=1S/C23H29N5O3/c1-3-27(4-2)23(31)18-14-24-26-21(18)15-9-11-28(12-10-15)22(30)17-13-20(29)25-19-8-6-5-7-16(17)19/h5-8,14-15,17H,3-4,9-13H2,1-2H3,(H,24,26)(H,25,29). The van der Waals surface area contributed by atoms with Crippen molar-refractivity contribution in [3.63, 3.8) is 0 Å².